The summed E-state index contributed by atoms with van der Waals surface area (Å²) < 4.78 is 48.8. The van der Waals surface area contributed by atoms with E-state index >= 15 is 0 Å². The van der Waals surface area contributed by atoms with Crippen molar-refractivity contribution < 1.29 is 40.7 Å². The highest BCUT2D eigenvalue weighted by Crippen LogP contribution is 2.27. The van der Waals surface area contributed by atoms with Crippen molar-refractivity contribution in [3.63, 3.8) is 0 Å². The fourth-order valence-corrected chi connectivity index (χ4v) is 2.44. The van der Waals surface area contributed by atoms with Crippen LogP contribution >= 0.6 is 0 Å². The smallest absolute Gasteiger partial charge is 0.481 e. The van der Waals surface area contributed by atoms with Crippen molar-refractivity contribution in [3.8, 4) is 5.75 Å². The van der Waals surface area contributed by atoms with Gasteiger partial charge in [-0.25, -0.2) is 4.79 Å². The van der Waals surface area contributed by atoms with Crippen molar-refractivity contribution in [2.45, 2.75) is 46.3 Å². The standard InChI is InChI=1S/C16H21FO8S/c1-10-12(7-14(18)19)5-11(6-13(10)25-26(17,21)22)8-23-9-15(20)24-16(2,3)4/h5-6H,7-9H2,1-4H3,(H,18,19). The number of carboxylic acids is 1. The van der Waals surface area contributed by atoms with Crippen molar-refractivity contribution in [2.75, 3.05) is 6.61 Å². The highest BCUT2D eigenvalue weighted by Gasteiger charge is 2.18. The van der Waals surface area contributed by atoms with Gasteiger partial charge in [0.1, 0.15) is 18.0 Å². The summed E-state index contributed by atoms with van der Waals surface area (Å²) in [6.07, 6.45) is -0.422. The monoisotopic (exact) mass is 392 g/mol. The van der Waals surface area contributed by atoms with E-state index in [0.717, 1.165) is 0 Å². The first-order valence-electron chi connectivity index (χ1n) is 7.54. The summed E-state index contributed by atoms with van der Waals surface area (Å²) in [6.45, 7) is 5.98. The number of aliphatic carboxylic acids is 1. The Balaban J connectivity index is 2.94. The maximum atomic E-state index is 12.8. The lowest BCUT2D eigenvalue weighted by Gasteiger charge is -2.19. The fraction of sp³-hybridized carbons (Fsp3) is 0.500. The van der Waals surface area contributed by atoms with E-state index in [1.54, 1.807) is 20.8 Å². The van der Waals surface area contributed by atoms with E-state index in [2.05, 4.69) is 4.18 Å². The van der Waals surface area contributed by atoms with Crippen molar-refractivity contribution in [1.29, 1.82) is 0 Å². The van der Waals surface area contributed by atoms with E-state index in [1.807, 2.05) is 0 Å². The predicted octanol–water partition coefficient (Wildman–Crippen LogP) is 2.07. The Morgan fingerprint density at radius 3 is 2.35 bits per heavy atom. The quantitative estimate of drug-likeness (QED) is 0.528. The molecule has 0 atom stereocenters. The van der Waals surface area contributed by atoms with Crippen LogP contribution in [0.3, 0.4) is 0 Å². The Bertz CT molecular complexity index is 780. The maximum Gasteiger partial charge on any atom is 0.488 e. The summed E-state index contributed by atoms with van der Waals surface area (Å²) in [6, 6.07) is 2.66. The van der Waals surface area contributed by atoms with Gasteiger partial charge in [-0.2, -0.15) is 8.42 Å². The number of carbonyl (C=O) groups excluding carboxylic acids is 1. The number of halogens is 1. The van der Waals surface area contributed by atoms with Gasteiger partial charge < -0.3 is 18.8 Å². The summed E-state index contributed by atoms with van der Waals surface area (Å²) in [5.41, 5.74) is 0.0447. The van der Waals surface area contributed by atoms with Gasteiger partial charge in [-0.3, -0.25) is 4.79 Å². The molecular weight excluding hydrogens is 371 g/mol. The van der Waals surface area contributed by atoms with E-state index in [4.69, 9.17) is 14.6 Å². The van der Waals surface area contributed by atoms with Crippen LogP contribution in [-0.4, -0.2) is 37.7 Å². The molecule has 1 rings (SSSR count). The van der Waals surface area contributed by atoms with Gasteiger partial charge in [-0.1, -0.05) is 9.95 Å². The Morgan fingerprint density at radius 2 is 1.85 bits per heavy atom. The molecule has 0 amide bonds. The topological polar surface area (TPSA) is 116 Å². The highest BCUT2D eigenvalue weighted by molar-refractivity contribution is 7.81. The number of hydrogen-bond donors (Lipinski definition) is 1. The number of rotatable bonds is 8. The summed E-state index contributed by atoms with van der Waals surface area (Å²) in [5, 5.41) is 8.94. The third-order valence-electron chi connectivity index (χ3n) is 2.97. The number of hydrogen-bond acceptors (Lipinski definition) is 7. The third-order valence-corrected chi connectivity index (χ3v) is 3.35. The molecule has 1 aromatic carbocycles. The number of carbonyl (C=O) groups is 2. The maximum absolute atomic E-state index is 12.8. The molecule has 10 heteroatoms. The average Bonchev–Trinajstić information content (AvgIpc) is 2.39. The molecule has 0 heterocycles. The van der Waals surface area contributed by atoms with Gasteiger partial charge in [-0.05, 0) is 50.5 Å². The van der Waals surface area contributed by atoms with Crippen LogP contribution < -0.4 is 4.18 Å². The highest BCUT2D eigenvalue weighted by atomic mass is 32.3. The van der Waals surface area contributed by atoms with E-state index in [1.165, 1.54) is 19.1 Å². The first-order valence-corrected chi connectivity index (χ1v) is 8.85. The Morgan fingerprint density at radius 1 is 1.23 bits per heavy atom. The van der Waals surface area contributed by atoms with Crippen LogP contribution in [0.5, 0.6) is 5.75 Å². The van der Waals surface area contributed by atoms with Gasteiger partial charge >= 0.3 is 22.4 Å². The van der Waals surface area contributed by atoms with Crippen molar-refractivity contribution in [2.24, 2.45) is 0 Å². The molecule has 1 aromatic rings. The molecule has 0 saturated heterocycles. The van der Waals surface area contributed by atoms with Gasteiger partial charge in [0.05, 0.1) is 13.0 Å². The van der Waals surface area contributed by atoms with E-state index in [-0.39, 0.29) is 30.1 Å². The molecule has 0 radical (unpaired) electrons. The minimum atomic E-state index is -5.28. The molecular formula is C16H21FO8S. The van der Waals surface area contributed by atoms with Crippen LogP contribution in [0.4, 0.5) is 3.89 Å². The number of carboxylic acid groups (broad SMARTS) is 1. The summed E-state index contributed by atoms with van der Waals surface area (Å²) in [7, 11) is -5.28. The van der Waals surface area contributed by atoms with Gasteiger partial charge in [0.25, 0.3) is 0 Å². The van der Waals surface area contributed by atoms with Crippen LogP contribution in [0.15, 0.2) is 12.1 Å². The van der Waals surface area contributed by atoms with Gasteiger partial charge in [0, 0.05) is 0 Å². The fourth-order valence-electron chi connectivity index (χ4n) is 2.06. The largest absolute Gasteiger partial charge is 0.488 e. The summed E-state index contributed by atoms with van der Waals surface area (Å²) in [5.74, 6) is -2.10. The lowest BCUT2D eigenvalue weighted by molar-refractivity contribution is -0.160. The molecule has 0 bridgehead atoms. The van der Waals surface area contributed by atoms with E-state index < -0.39 is 34.5 Å². The zero-order valence-electron chi connectivity index (χ0n) is 14.9. The predicted molar refractivity (Wildman–Crippen MR) is 88.7 cm³/mol. The molecule has 26 heavy (non-hydrogen) atoms. The Kier molecular flexibility index (Phi) is 7.10. The average molecular weight is 392 g/mol. The summed E-state index contributed by atoms with van der Waals surface area (Å²) >= 11 is 0. The van der Waals surface area contributed by atoms with Crippen LogP contribution in [-0.2, 0) is 42.6 Å². The first kappa shape index (κ1) is 21.8. The van der Waals surface area contributed by atoms with Gasteiger partial charge in [0.2, 0.25) is 0 Å². The van der Waals surface area contributed by atoms with E-state index in [9.17, 15) is 21.9 Å². The van der Waals surface area contributed by atoms with Crippen LogP contribution in [0.25, 0.3) is 0 Å². The first-order chi connectivity index (χ1) is 11.8. The molecule has 0 aliphatic rings. The van der Waals surface area contributed by atoms with Crippen molar-refractivity contribution in [1.82, 2.24) is 0 Å². The molecule has 0 aliphatic heterocycles. The van der Waals surface area contributed by atoms with Crippen LogP contribution in [0.2, 0.25) is 0 Å². The molecule has 8 nitrogen and oxygen atoms in total. The molecule has 0 unspecified atom stereocenters. The van der Waals surface area contributed by atoms with Crippen LogP contribution in [0.1, 0.15) is 37.5 Å². The molecule has 0 saturated carbocycles. The van der Waals surface area contributed by atoms with Gasteiger partial charge in [-0.15, -0.1) is 0 Å². The molecule has 0 aromatic heterocycles. The molecule has 1 N–H and O–H groups in total. The molecule has 0 spiro atoms. The van der Waals surface area contributed by atoms with Crippen molar-refractivity contribution >= 4 is 22.4 Å². The SMILES string of the molecule is Cc1c(CC(=O)O)cc(COCC(=O)OC(C)(C)C)cc1OS(=O)(=O)F. The van der Waals surface area contributed by atoms with Gasteiger partial charge in [0.15, 0.2) is 0 Å². The number of esters is 1. The lowest BCUT2D eigenvalue weighted by Crippen LogP contribution is -2.26. The number of benzene rings is 1. The van der Waals surface area contributed by atoms with E-state index in [0.29, 0.717) is 5.56 Å². The van der Waals surface area contributed by atoms with Crippen molar-refractivity contribution in [3.05, 3.63) is 28.8 Å². The lowest BCUT2D eigenvalue weighted by atomic mass is 10.0. The number of ether oxygens (including phenoxy) is 2. The normalized spacial score (nSPS) is 11.9. The van der Waals surface area contributed by atoms with Crippen LogP contribution in [0, 0.1) is 6.92 Å². The molecule has 146 valence electrons. The minimum Gasteiger partial charge on any atom is -0.481 e. The Hall–Kier alpha value is -2.20. The third kappa shape index (κ3) is 8.26. The molecule has 0 fully saturated rings. The minimum absolute atomic E-state index is 0.158. The Labute approximate surface area is 151 Å². The zero-order chi connectivity index (χ0) is 20.1. The second-order valence-corrected chi connectivity index (χ2v) is 7.46. The molecule has 0 aliphatic carbocycles. The second-order valence-electron chi connectivity index (χ2n) is 6.50. The summed E-state index contributed by atoms with van der Waals surface area (Å²) in [4.78, 5) is 22.5. The zero-order valence-corrected chi connectivity index (χ0v) is 15.7. The second kappa shape index (κ2) is 8.45.